The van der Waals surface area contributed by atoms with Gasteiger partial charge in [0.05, 0.1) is 16.3 Å². The molecule has 29 heavy (non-hydrogen) atoms. The van der Waals surface area contributed by atoms with Crippen LogP contribution in [0.3, 0.4) is 0 Å². The van der Waals surface area contributed by atoms with Crippen molar-refractivity contribution in [1.82, 2.24) is 14.7 Å². The zero-order valence-corrected chi connectivity index (χ0v) is 17.5. The summed E-state index contributed by atoms with van der Waals surface area (Å²) in [6.07, 6.45) is 5.51. The van der Waals surface area contributed by atoms with Crippen molar-refractivity contribution in [2.45, 2.75) is 6.92 Å². The first-order chi connectivity index (χ1) is 14.1. The van der Waals surface area contributed by atoms with Crippen LogP contribution in [0, 0.1) is 6.92 Å². The average molecular weight is 418 g/mol. The maximum Gasteiger partial charge on any atom is 0.266 e. The van der Waals surface area contributed by atoms with E-state index < -0.39 is 0 Å². The van der Waals surface area contributed by atoms with Gasteiger partial charge in [0.1, 0.15) is 4.32 Å². The van der Waals surface area contributed by atoms with Gasteiger partial charge in [0, 0.05) is 23.9 Å². The predicted octanol–water partition coefficient (Wildman–Crippen LogP) is 5.23. The summed E-state index contributed by atoms with van der Waals surface area (Å²) in [6, 6.07) is 18.1. The third-order valence-corrected chi connectivity index (χ3v) is 5.94. The lowest BCUT2D eigenvalue weighted by molar-refractivity contribution is -0.121. The number of amides is 1. The fourth-order valence-electron chi connectivity index (χ4n) is 3.07. The van der Waals surface area contributed by atoms with Gasteiger partial charge in [-0.3, -0.25) is 9.69 Å². The van der Waals surface area contributed by atoms with Crippen molar-refractivity contribution in [3.63, 3.8) is 0 Å². The average Bonchev–Trinajstić information content (AvgIpc) is 3.26. The number of thiocarbonyl (C=S) groups is 1. The zero-order valence-electron chi connectivity index (χ0n) is 15.9. The number of carbonyl (C=O) groups excluding carboxylic acids is 1. The van der Waals surface area contributed by atoms with Gasteiger partial charge in [-0.25, -0.2) is 4.68 Å². The van der Waals surface area contributed by atoms with Gasteiger partial charge in [0.15, 0.2) is 0 Å². The number of nitrogens with zero attached hydrogens (tertiary/aromatic N) is 3. The molecule has 6 heteroatoms. The van der Waals surface area contributed by atoms with Gasteiger partial charge in [-0.1, -0.05) is 78.1 Å². The molecule has 0 N–H and O–H groups in total. The van der Waals surface area contributed by atoms with E-state index in [9.17, 15) is 4.79 Å². The van der Waals surface area contributed by atoms with Gasteiger partial charge in [-0.15, -0.1) is 6.58 Å². The fourth-order valence-corrected chi connectivity index (χ4v) is 4.34. The minimum Gasteiger partial charge on any atom is -0.289 e. The predicted molar refractivity (Wildman–Crippen MR) is 124 cm³/mol. The largest absolute Gasteiger partial charge is 0.289 e. The molecule has 2 heterocycles. The van der Waals surface area contributed by atoms with Crippen molar-refractivity contribution >= 4 is 40.3 Å². The monoisotopic (exact) mass is 417 g/mol. The molecule has 0 bridgehead atoms. The summed E-state index contributed by atoms with van der Waals surface area (Å²) in [7, 11) is 0. The number of hydrogen-bond acceptors (Lipinski definition) is 4. The molecule has 0 unspecified atom stereocenters. The zero-order chi connectivity index (χ0) is 20.4. The fraction of sp³-hybridized carbons (Fsp3) is 0.0870. The van der Waals surface area contributed by atoms with Crippen molar-refractivity contribution in [3.05, 3.63) is 89.5 Å². The summed E-state index contributed by atoms with van der Waals surface area (Å²) >= 11 is 6.67. The SMILES string of the molecule is C=CCN1C(=O)/C(=C/c2cn(-c3ccccc3)nc2-c2ccc(C)cc2)SC1=S. The second-order valence-corrected chi connectivity index (χ2v) is 8.34. The van der Waals surface area contributed by atoms with E-state index in [2.05, 4.69) is 25.6 Å². The van der Waals surface area contributed by atoms with E-state index in [1.54, 1.807) is 11.0 Å². The molecule has 4 rings (SSSR count). The number of aryl methyl sites for hydroxylation is 1. The number of hydrogen-bond donors (Lipinski definition) is 0. The highest BCUT2D eigenvalue weighted by Gasteiger charge is 2.31. The number of rotatable bonds is 5. The van der Waals surface area contributed by atoms with Crippen LogP contribution in [-0.4, -0.2) is 31.5 Å². The maximum absolute atomic E-state index is 12.8. The lowest BCUT2D eigenvalue weighted by Gasteiger charge is -2.10. The van der Waals surface area contributed by atoms with Crippen LogP contribution in [-0.2, 0) is 4.79 Å². The van der Waals surface area contributed by atoms with Gasteiger partial charge in [0.25, 0.3) is 5.91 Å². The second kappa shape index (κ2) is 8.19. The molecule has 0 radical (unpaired) electrons. The number of thioether (sulfide) groups is 1. The summed E-state index contributed by atoms with van der Waals surface area (Å²) in [5, 5.41) is 4.81. The van der Waals surface area contributed by atoms with Gasteiger partial charge in [-0.2, -0.15) is 5.10 Å². The Labute approximate surface area is 179 Å². The molecule has 1 aromatic heterocycles. The van der Waals surface area contributed by atoms with Crippen molar-refractivity contribution in [3.8, 4) is 16.9 Å². The van der Waals surface area contributed by atoms with Crippen molar-refractivity contribution in [2.24, 2.45) is 0 Å². The van der Waals surface area contributed by atoms with Crippen molar-refractivity contribution in [1.29, 1.82) is 0 Å². The molecule has 144 valence electrons. The molecule has 1 aliphatic rings. The minimum absolute atomic E-state index is 0.0952. The summed E-state index contributed by atoms with van der Waals surface area (Å²) in [5.41, 5.74) is 4.83. The Balaban J connectivity index is 1.80. The second-order valence-electron chi connectivity index (χ2n) is 6.66. The van der Waals surface area contributed by atoms with Crippen LogP contribution in [0.2, 0.25) is 0 Å². The van der Waals surface area contributed by atoms with Crippen LogP contribution in [0.25, 0.3) is 23.0 Å². The molecule has 0 atom stereocenters. The Bertz CT molecular complexity index is 1110. The van der Waals surface area contributed by atoms with E-state index in [1.807, 2.05) is 59.4 Å². The normalized spacial score (nSPS) is 15.3. The minimum atomic E-state index is -0.0952. The molecule has 2 aromatic carbocycles. The lowest BCUT2D eigenvalue weighted by Crippen LogP contribution is -2.27. The van der Waals surface area contributed by atoms with Gasteiger partial charge < -0.3 is 0 Å². The number of aromatic nitrogens is 2. The Hall–Kier alpha value is -2.96. The Morgan fingerprint density at radius 1 is 1.14 bits per heavy atom. The highest BCUT2D eigenvalue weighted by molar-refractivity contribution is 8.26. The molecule has 1 saturated heterocycles. The number of para-hydroxylation sites is 1. The molecule has 0 aliphatic carbocycles. The van der Waals surface area contributed by atoms with E-state index in [0.717, 1.165) is 22.5 Å². The van der Waals surface area contributed by atoms with Gasteiger partial charge in [-0.05, 0) is 25.1 Å². The van der Waals surface area contributed by atoms with Crippen LogP contribution in [0.4, 0.5) is 0 Å². The molecule has 3 aromatic rings. The third-order valence-electron chi connectivity index (χ3n) is 4.56. The van der Waals surface area contributed by atoms with Crippen LogP contribution >= 0.6 is 24.0 Å². The first-order valence-corrected chi connectivity index (χ1v) is 10.4. The van der Waals surface area contributed by atoms with E-state index in [4.69, 9.17) is 17.3 Å². The van der Waals surface area contributed by atoms with E-state index in [-0.39, 0.29) is 5.91 Å². The smallest absolute Gasteiger partial charge is 0.266 e. The summed E-state index contributed by atoms with van der Waals surface area (Å²) < 4.78 is 2.39. The Kier molecular flexibility index (Phi) is 5.47. The third kappa shape index (κ3) is 3.95. The quantitative estimate of drug-likeness (QED) is 0.323. The van der Waals surface area contributed by atoms with Crippen LogP contribution < -0.4 is 0 Å². The lowest BCUT2D eigenvalue weighted by atomic mass is 10.1. The van der Waals surface area contributed by atoms with E-state index in [1.165, 1.54) is 17.3 Å². The number of benzene rings is 2. The highest BCUT2D eigenvalue weighted by atomic mass is 32.2. The number of carbonyl (C=O) groups is 1. The highest BCUT2D eigenvalue weighted by Crippen LogP contribution is 2.34. The van der Waals surface area contributed by atoms with Crippen LogP contribution in [0.1, 0.15) is 11.1 Å². The van der Waals surface area contributed by atoms with Crippen LogP contribution in [0.5, 0.6) is 0 Å². The maximum atomic E-state index is 12.8. The van der Waals surface area contributed by atoms with Gasteiger partial charge in [0.2, 0.25) is 0 Å². The van der Waals surface area contributed by atoms with Crippen molar-refractivity contribution < 1.29 is 4.79 Å². The van der Waals surface area contributed by atoms with E-state index >= 15 is 0 Å². The molecule has 0 saturated carbocycles. The summed E-state index contributed by atoms with van der Waals surface area (Å²) in [5.74, 6) is -0.0952. The van der Waals surface area contributed by atoms with Crippen LogP contribution in [0.15, 0.2) is 78.4 Å². The molecule has 1 fully saturated rings. The summed E-state index contributed by atoms with van der Waals surface area (Å²) in [4.78, 5) is 14.9. The Morgan fingerprint density at radius 3 is 2.55 bits per heavy atom. The first-order valence-electron chi connectivity index (χ1n) is 9.15. The first kappa shape index (κ1) is 19.4. The molecule has 0 spiro atoms. The standard InChI is InChI=1S/C23H19N3OS2/c1-3-13-25-22(27)20(29-23(25)28)14-18-15-26(19-7-5-4-6-8-19)24-21(18)17-11-9-16(2)10-12-17/h3-12,14-15H,1,13H2,2H3/b20-14-. The molecular formula is C23H19N3OS2. The summed E-state index contributed by atoms with van der Waals surface area (Å²) in [6.45, 7) is 6.17. The molecule has 1 amide bonds. The van der Waals surface area contributed by atoms with E-state index in [0.29, 0.717) is 15.8 Å². The van der Waals surface area contributed by atoms with Crippen molar-refractivity contribution in [2.75, 3.05) is 6.54 Å². The molecule has 4 nitrogen and oxygen atoms in total. The molecular weight excluding hydrogens is 398 g/mol. The topological polar surface area (TPSA) is 38.1 Å². The molecule has 1 aliphatic heterocycles. The Morgan fingerprint density at radius 2 is 1.86 bits per heavy atom. The van der Waals surface area contributed by atoms with Gasteiger partial charge >= 0.3 is 0 Å².